The summed E-state index contributed by atoms with van der Waals surface area (Å²) < 4.78 is 2.17. The Kier molecular flexibility index (Phi) is 3.53. The molecule has 19 heavy (non-hydrogen) atoms. The molecule has 0 spiro atoms. The summed E-state index contributed by atoms with van der Waals surface area (Å²) in [5.74, 6) is 1.17. The van der Waals surface area contributed by atoms with Gasteiger partial charge < -0.3 is 5.32 Å². The second-order valence-electron chi connectivity index (χ2n) is 5.21. The fourth-order valence-electron chi connectivity index (χ4n) is 2.74. The fraction of sp³-hybridized carbons (Fsp3) is 0.438. The van der Waals surface area contributed by atoms with Crippen molar-refractivity contribution in [3.63, 3.8) is 0 Å². The van der Waals surface area contributed by atoms with Crippen molar-refractivity contribution in [1.29, 1.82) is 0 Å². The average Bonchev–Trinajstić information content (AvgIpc) is 2.88. The van der Waals surface area contributed by atoms with E-state index in [4.69, 9.17) is 5.10 Å². The minimum atomic E-state index is 0.382. The van der Waals surface area contributed by atoms with E-state index < -0.39 is 0 Å². The molecule has 1 aliphatic rings. The lowest BCUT2D eigenvalue weighted by Crippen LogP contribution is -2.24. The van der Waals surface area contributed by atoms with Gasteiger partial charge in [0.25, 0.3) is 0 Å². The van der Waals surface area contributed by atoms with Crippen LogP contribution in [0.5, 0.6) is 0 Å². The first-order chi connectivity index (χ1) is 9.38. The third-order valence-electron chi connectivity index (χ3n) is 3.78. The van der Waals surface area contributed by atoms with E-state index in [0.29, 0.717) is 6.04 Å². The summed E-state index contributed by atoms with van der Waals surface area (Å²) >= 11 is 0. The van der Waals surface area contributed by atoms with Crippen LogP contribution in [0, 0.1) is 0 Å². The van der Waals surface area contributed by atoms with Gasteiger partial charge in [-0.2, -0.15) is 5.10 Å². The molecule has 2 aromatic rings. The zero-order valence-electron chi connectivity index (χ0n) is 11.5. The number of anilines is 1. The van der Waals surface area contributed by atoms with Crippen LogP contribution >= 0.6 is 0 Å². The molecule has 0 amide bonds. The maximum Gasteiger partial charge on any atom is 0.125 e. The number of hydrogen-bond donors (Lipinski definition) is 1. The topological polar surface area (TPSA) is 29.9 Å². The molecule has 1 atom stereocenters. The number of aromatic nitrogens is 2. The van der Waals surface area contributed by atoms with Crippen molar-refractivity contribution in [2.45, 2.75) is 38.6 Å². The molecule has 1 N–H and O–H groups in total. The minimum absolute atomic E-state index is 0.382. The van der Waals surface area contributed by atoms with Crippen LogP contribution in [-0.4, -0.2) is 16.3 Å². The Morgan fingerprint density at radius 2 is 2.16 bits per heavy atom. The molecule has 0 bridgehead atoms. The van der Waals surface area contributed by atoms with Crippen molar-refractivity contribution < 1.29 is 0 Å². The van der Waals surface area contributed by atoms with Crippen molar-refractivity contribution in [2.75, 3.05) is 11.9 Å². The molecule has 0 radical (unpaired) electrons. The maximum absolute atomic E-state index is 4.80. The van der Waals surface area contributed by atoms with E-state index in [1.54, 1.807) is 0 Å². The molecule has 1 unspecified atom stereocenters. The van der Waals surface area contributed by atoms with Crippen molar-refractivity contribution in [1.82, 2.24) is 9.78 Å². The summed E-state index contributed by atoms with van der Waals surface area (Å²) in [5.41, 5.74) is 2.57. The van der Waals surface area contributed by atoms with E-state index in [0.717, 1.165) is 19.4 Å². The second-order valence-corrected chi connectivity index (χ2v) is 5.21. The van der Waals surface area contributed by atoms with Crippen LogP contribution < -0.4 is 5.32 Å². The van der Waals surface area contributed by atoms with E-state index in [-0.39, 0.29) is 0 Å². The Morgan fingerprint density at radius 3 is 2.95 bits per heavy atom. The van der Waals surface area contributed by atoms with Gasteiger partial charge >= 0.3 is 0 Å². The van der Waals surface area contributed by atoms with Gasteiger partial charge in [-0.25, -0.2) is 4.68 Å². The molecule has 0 saturated carbocycles. The lowest BCUT2D eigenvalue weighted by Gasteiger charge is -2.25. The molecule has 0 aliphatic carbocycles. The average molecular weight is 255 g/mol. The van der Waals surface area contributed by atoms with Crippen LogP contribution in [0.4, 0.5) is 5.82 Å². The van der Waals surface area contributed by atoms with Crippen LogP contribution in [0.15, 0.2) is 36.4 Å². The predicted octanol–water partition coefficient (Wildman–Crippen LogP) is 3.63. The highest BCUT2D eigenvalue weighted by Crippen LogP contribution is 2.29. The molecule has 1 aliphatic heterocycles. The molecule has 3 nitrogen and oxygen atoms in total. The van der Waals surface area contributed by atoms with Crippen molar-refractivity contribution >= 4 is 5.82 Å². The van der Waals surface area contributed by atoms with Gasteiger partial charge in [-0.15, -0.1) is 0 Å². The zero-order valence-corrected chi connectivity index (χ0v) is 11.5. The lowest BCUT2D eigenvalue weighted by atomic mass is 10.0. The number of fused-ring (bicyclic) bond motifs is 1. The molecule has 2 heterocycles. The summed E-state index contributed by atoms with van der Waals surface area (Å²) in [6.45, 7) is 3.25. The van der Waals surface area contributed by atoms with Gasteiger partial charge in [0.2, 0.25) is 0 Å². The van der Waals surface area contributed by atoms with Gasteiger partial charge in [0, 0.05) is 12.6 Å². The summed E-state index contributed by atoms with van der Waals surface area (Å²) in [6.07, 6.45) is 4.62. The van der Waals surface area contributed by atoms with Crippen molar-refractivity contribution in [2.24, 2.45) is 0 Å². The van der Waals surface area contributed by atoms with E-state index in [1.165, 1.54) is 29.9 Å². The molecule has 0 saturated heterocycles. The molecule has 1 aromatic carbocycles. The largest absolute Gasteiger partial charge is 0.370 e. The number of benzene rings is 1. The number of nitrogens with zero attached hydrogens (tertiary/aromatic N) is 2. The number of nitrogens with one attached hydrogen (secondary N) is 1. The van der Waals surface area contributed by atoms with Crippen LogP contribution in [0.2, 0.25) is 0 Å². The second kappa shape index (κ2) is 5.47. The fourth-order valence-corrected chi connectivity index (χ4v) is 2.74. The van der Waals surface area contributed by atoms with E-state index in [1.807, 2.05) is 0 Å². The number of unbranched alkanes of at least 4 members (excludes halogenated alkanes) is 1. The van der Waals surface area contributed by atoms with Gasteiger partial charge in [-0.05, 0) is 24.8 Å². The molecular formula is C16H21N3. The lowest BCUT2D eigenvalue weighted by molar-refractivity contribution is 0.477. The molecular weight excluding hydrogens is 234 g/mol. The molecule has 1 aromatic heterocycles. The summed E-state index contributed by atoms with van der Waals surface area (Å²) in [4.78, 5) is 0. The molecule has 3 rings (SSSR count). The van der Waals surface area contributed by atoms with E-state index in [9.17, 15) is 0 Å². The first-order valence-electron chi connectivity index (χ1n) is 7.25. The van der Waals surface area contributed by atoms with Crippen molar-refractivity contribution in [3.8, 4) is 0 Å². The third-order valence-corrected chi connectivity index (χ3v) is 3.78. The zero-order chi connectivity index (χ0) is 13.1. The van der Waals surface area contributed by atoms with Crippen molar-refractivity contribution in [3.05, 3.63) is 47.7 Å². The SMILES string of the molecule is CCCCc1cc2n(n1)C(c1ccccc1)CCN2. The molecule has 0 fully saturated rings. The highest BCUT2D eigenvalue weighted by molar-refractivity contribution is 5.41. The van der Waals surface area contributed by atoms with Crippen LogP contribution in [-0.2, 0) is 6.42 Å². The van der Waals surface area contributed by atoms with Crippen LogP contribution in [0.3, 0.4) is 0 Å². The normalized spacial score (nSPS) is 17.8. The molecule has 100 valence electrons. The first kappa shape index (κ1) is 12.3. The smallest absolute Gasteiger partial charge is 0.125 e. The number of rotatable bonds is 4. The Bertz CT molecular complexity index is 530. The Labute approximate surface area is 114 Å². The van der Waals surface area contributed by atoms with Crippen LogP contribution in [0.25, 0.3) is 0 Å². The Morgan fingerprint density at radius 1 is 1.32 bits per heavy atom. The monoisotopic (exact) mass is 255 g/mol. The quantitative estimate of drug-likeness (QED) is 0.904. The summed E-state index contributed by atoms with van der Waals surface area (Å²) in [5, 5.41) is 8.26. The standard InChI is InChI=1S/C16H21N3/c1-2-3-9-14-12-16-17-11-10-15(19(16)18-14)13-7-5-4-6-8-13/h4-8,12,15,17H,2-3,9-11H2,1H3. The van der Waals surface area contributed by atoms with Crippen LogP contribution in [0.1, 0.15) is 43.5 Å². The van der Waals surface area contributed by atoms with Gasteiger partial charge in [0.1, 0.15) is 5.82 Å². The highest BCUT2D eigenvalue weighted by atomic mass is 15.4. The first-order valence-corrected chi connectivity index (χ1v) is 7.25. The van der Waals surface area contributed by atoms with Gasteiger partial charge in [0.05, 0.1) is 11.7 Å². The Balaban J connectivity index is 1.89. The number of hydrogen-bond acceptors (Lipinski definition) is 2. The summed E-state index contributed by atoms with van der Waals surface area (Å²) in [6, 6.07) is 13.3. The van der Waals surface area contributed by atoms with E-state index >= 15 is 0 Å². The maximum atomic E-state index is 4.80. The summed E-state index contributed by atoms with van der Waals surface area (Å²) in [7, 11) is 0. The van der Waals surface area contributed by atoms with Gasteiger partial charge in [-0.3, -0.25) is 0 Å². The van der Waals surface area contributed by atoms with Gasteiger partial charge in [0.15, 0.2) is 0 Å². The van der Waals surface area contributed by atoms with Gasteiger partial charge in [-0.1, -0.05) is 43.7 Å². The van der Waals surface area contributed by atoms with E-state index in [2.05, 4.69) is 53.3 Å². The Hall–Kier alpha value is -1.77. The molecule has 3 heteroatoms. The minimum Gasteiger partial charge on any atom is -0.370 e. The predicted molar refractivity (Wildman–Crippen MR) is 78.5 cm³/mol. The number of aryl methyl sites for hydroxylation is 1. The third kappa shape index (κ3) is 2.50. The highest BCUT2D eigenvalue weighted by Gasteiger charge is 2.22.